The standard InChI is InChI=1S/C33H38N6O3/c1-20-14-23(15-24-18-39(11-7-25(20)24)12-8-29(40)36-19-33(42)9-10-33)28-17-35-31-30(37-28)27(16-34-31)22-5-6-26(21(2)13-22)32(41)38(3)4/h5-6,13-17,42H,7-12,18-19H2,1-4H3,(H,34,35)(H,36,40). The SMILES string of the molecule is Cc1cc(-c2c[nH]c3ncc(-c4cc(C)c5c(c4)CN(CCC(=O)NCC4(O)CC4)CC5)nc23)ccc1C(=O)N(C)C. The Morgan fingerprint density at radius 1 is 1.12 bits per heavy atom. The predicted octanol–water partition coefficient (Wildman–Crippen LogP) is 4.00. The number of carbonyl (C=O) groups is 2. The molecule has 0 radical (unpaired) electrons. The zero-order valence-electron chi connectivity index (χ0n) is 24.8. The molecule has 0 bridgehead atoms. The van der Waals surface area contributed by atoms with E-state index in [0.29, 0.717) is 30.7 Å². The van der Waals surface area contributed by atoms with Gasteiger partial charge in [-0.15, -0.1) is 0 Å². The van der Waals surface area contributed by atoms with Crippen molar-refractivity contribution in [2.24, 2.45) is 0 Å². The van der Waals surface area contributed by atoms with Gasteiger partial charge in [-0.2, -0.15) is 0 Å². The van der Waals surface area contributed by atoms with Gasteiger partial charge in [0.15, 0.2) is 5.65 Å². The van der Waals surface area contributed by atoms with Gasteiger partial charge in [-0.1, -0.05) is 12.1 Å². The molecule has 3 N–H and O–H groups in total. The minimum Gasteiger partial charge on any atom is -0.388 e. The van der Waals surface area contributed by atoms with E-state index in [-0.39, 0.29) is 11.8 Å². The summed E-state index contributed by atoms with van der Waals surface area (Å²) in [6, 6.07) is 10.3. The van der Waals surface area contributed by atoms with Gasteiger partial charge >= 0.3 is 0 Å². The van der Waals surface area contributed by atoms with Gasteiger partial charge in [0.25, 0.3) is 5.91 Å². The number of aliphatic hydroxyl groups is 1. The monoisotopic (exact) mass is 566 g/mol. The minimum atomic E-state index is -0.670. The van der Waals surface area contributed by atoms with E-state index in [2.05, 4.69) is 39.2 Å². The summed E-state index contributed by atoms with van der Waals surface area (Å²) in [4.78, 5) is 41.7. The molecular weight excluding hydrogens is 528 g/mol. The molecule has 218 valence electrons. The molecular formula is C33H38N6O3. The fourth-order valence-corrected chi connectivity index (χ4v) is 5.81. The van der Waals surface area contributed by atoms with Crippen molar-refractivity contribution in [3.63, 3.8) is 0 Å². The van der Waals surface area contributed by atoms with E-state index < -0.39 is 5.60 Å². The zero-order valence-corrected chi connectivity index (χ0v) is 24.8. The Kier molecular flexibility index (Phi) is 7.32. The van der Waals surface area contributed by atoms with Crippen molar-refractivity contribution < 1.29 is 14.7 Å². The highest BCUT2D eigenvalue weighted by atomic mass is 16.3. The number of benzene rings is 2. The van der Waals surface area contributed by atoms with Crippen LogP contribution in [0.4, 0.5) is 0 Å². The maximum absolute atomic E-state index is 12.5. The quantitative estimate of drug-likeness (QED) is 0.297. The summed E-state index contributed by atoms with van der Waals surface area (Å²) in [6.45, 7) is 6.85. The molecule has 3 heterocycles. The smallest absolute Gasteiger partial charge is 0.253 e. The number of carbonyl (C=O) groups excluding carboxylic acids is 2. The normalized spacial score (nSPS) is 15.8. The molecule has 2 amide bonds. The highest BCUT2D eigenvalue weighted by Gasteiger charge is 2.40. The molecule has 0 unspecified atom stereocenters. The van der Waals surface area contributed by atoms with Crippen molar-refractivity contribution in [3.05, 3.63) is 70.5 Å². The Morgan fingerprint density at radius 2 is 1.90 bits per heavy atom. The Bertz CT molecular complexity index is 1690. The van der Waals surface area contributed by atoms with Crippen LogP contribution >= 0.6 is 0 Å². The molecule has 42 heavy (non-hydrogen) atoms. The molecule has 1 aliphatic carbocycles. The third-order valence-corrected chi connectivity index (χ3v) is 8.58. The molecule has 1 saturated carbocycles. The molecule has 0 saturated heterocycles. The Labute approximate surface area is 246 Å². The second kappa shape index (κ2) is 11.0. The molecule has 6 rings (SSSR count). The molecule has 9 nitrogen and oxygen atoms in total. The van der Waals surface area contributed by atoms with Crippen molar-refractivity contribution in [1.29, 1.82) is 0 Å². The molecule has 2 aromatic heterocycles. The topological polar surface area (TPSA) is 114 Å². The summed E-state index contributed by atoms with van der Waals surface area (Å²) < 4.78 is 0. The summed E-state index contributed by atoms with van der Waals surface area (Å²) >= 11 is 0. The van der Waals surface area contributed by atoms with Crippen molar-refractivity contribution in [2.75, 3.05) is 33.7 Å². The number of nitrogens with zero attached hydrogens (tertiary/aromatic N) is 4. The van der Waals surface area contributed by atoms with E-state index in [4.69, 9.17) is 4.98 Å². The van der Waals surface area contributed by atoms with Gasteiger partial charge < -0.3 is 20.3 Å². The van der Waals surface area contributed by atoms with Gasteiger partial charge in [0.1, 0.15) is 5.52 Å². The van der Waals surface area contributed by atoms with Crippen LogP contribution in [0.2, 0.25) is 0 Å². The van der Waals surface area contributed by atoms with Crippen molar-refractivity contribution >= 4 is 23.0 Å². The van der Waals surface area contributed by atoms with Gasteiger partial charge in [0.05, 0.1) is 17.5 Å². The number of aromatic amines is 1. The molecule has 1 fully saturated rings. The van der Waals surface area contributed by atoms with Crippen LogP contribution in [0.25, 0.3) is 33.5 Å². The number of H-pyrrole nitrogens is 1. The molecule has 2 aliphatic rings. The molecule has 2 aromatic carbocycles. The lowest BCUT2D eigenvalue weighted by Crippen LogP contribution is -2.37. The molecule has 0 atom stereocenters. The average Bonchev–Trinajstić information content (AvgIpc) is 3.56. The number of hydrogen-bond acceptors (Lipinski definition) is 6. The van der Waals surface area contributed by atoms with E-state index in [1.807, 2.05) is 37.5 Å². The summed E-state index contributed by atoms with van der Waals surface area (Å²) in [6.07, 6.45) is 6.65. The number of hydrogen-bond donors (Lipinski definition) is 3. The Hall–Kier alpha value is -4.08. The predicted molar refractivity (Wildman–Crippen MR) is 163 cm³/mol. The number of nitrogens with one attached hydrogen (secondary N) is 2. The molecule has 1 aliphatic heterocycles. The summed E-state index contributed by atoms with van der Waals surface area (Å²) in [5.41, 5.74) is 10.1. The summed E-state index contributed by atoms with van der Waals surface area (Å²) in [7, 11) is 3.52. The maximum Gasteiger partial charge on any atom is 0.253 e. The van der Waals surface area contributed by atoms with Crippen molar-refractivity contribution in [3.8, 4) is 22.4 Å². The lowest BCUT2D eigenvalue weighted by molar-refractivity contribution is -0.122. The fraction of sp³-hybridized carbons (Fsp3) is 0.394. The van der Waals surface area contributed by atoms with E-state index in [1.165, 1.54) is 16.7 Å². The fourth-order valence-electron chi connectivity index (χ4n) is 5.81. The minimum absolute atomic E-state index is 0.00827. The average molecular weight is 567 g/mol. The van der Waals surface area contributed by atoms with Gasteiger partial charge in [-0.3, -0.25) is 14.5 Å². The first-order valence-corrected chi connectivity index (χ1v) is 14.6. The summed E-state index contributed by atoms with van der Waals surface area (Å²) in [5, 5.41) is 12.9. The van der Waals surface area contributed by atoms with Gasteiger partial charge in [0, 0.05) is 69.6 Å². The first kappa shape index (κ1) is 28.1. The number of fused-ring (bicyclic) bond motifs is 2. The van der Waals surface area contributed by atoms with Gasteiger partial charge in [-0.25, -0.2) is 9.97 Å². The van der Waals surface area contributed by atoms with Gasteiger partial charge in [0.2, 0.25) is 5.91 Å². The zero-order chi connectivity index (χ0) is 29.6. The van der Waals surface area contributed by atoms with Gasteiger partial charge in [-0.05, 0) is 79.1 Å². The summed E-state index contributed by atoms with van der Waals surface area (Å²) in [5.74, 6) is -0.0241. The van der Waals surface area contributed by atoms with Crippen LogP contribution in [0.15, 0.2) is 42.7 Å². The molecule has 0 spiro atoms. The number of aryl methyl sites for hydroxylation is 2. The van der Waals surface area contributed by atoms with Crippen LogP contribution in [0.5, 0.6) is 0 Å². The molecule has 4 aromatic rings. The highest BCUT2D eigenvalue weighted by molar-refractivity contribution is 5.97. The van der Waals surface area contributed by atoms with Crippen LogP contribution in [-0.4, -0.2) is 81.0 Å². The Balaban J connectivity index is 1.22. The van der Waals surface area contributed by atoms with Crippen molar-refractivity contribution in [2.45, 2.75) is 51.7 Å². The van der Waals surface area contributed by atoms with Crippen LogP contribution < -0.4 is 5.32 Å². The third-order valence-electron chi connectivity index (χ3n) is 8.58. The number of aromatic nitrogens is 3. The molecule has 9 heteroatoms. The second-order valence-electron chi connectivity index (χ2n) is 12.1. The third kappa shape index (κ3) is 5.67. The first-order valence-electron chi connectivity index (χ1n) is 14.6. The maximum atomic E-state index is 12.5. The van der Waals surface area contributed by atoms with Crippen LogP contribution in [-0.2, 0) is 17.8 Å². The Morgan fingerprint density at radius 3 is 2.64 bits per heavy atom. The van der Waals surface area contributed by atoms with Crippen molar-refractivity contribution in [1.82, 2.24) is 30.1 Å². The second-order valence-corrected chi connectivity index (χ2v) is 12.1. The van der Waals surface area contributed by atoms with Crippen LogP contribution in [0, 0.1) is 13.8 Å². The van der Waals surface area contributed by atoms with E-state index in [9.17, 15) is 14.7 Å². The largest absolute Gasteiger partial charge is 0.388 e. The number of rotatable bonds is 8. The number of amides is 2. The van der Waals surface area contributed by atoms with E-state index >= 15 is 0 Å². The highest BCUT2D eigenvalue weighted by Crippen LogP contribution is 2.34. The van der Waals surface area contributed by atoms with Crippen LogP contribution in [0.1, 0.15) is 51.9 Å². The first-order chi connectivity index (χ1) is 20.1. The van der Waals surface area contributed by atoms with E-state index in [1.54, 1.807) is 19.0 Å². The lowest BCUT2D eigenvalue weighted by Gasteiger charge is -2.30. The van der Waals surface area contributed by atoms with Crippen LogP contribution in [0.3, 0.4) is 0 Å². The lowest BCUT2D eigenvalue weighted by atomic mass is 9.92. The van der Waals surface area contributed by atoms with E-state index in [0.717, 1.165) is 65.8 Å².